The number of benzene rings is 1. The van der Waals surface area contributed by atoms with Gasteiger partial charge in [0.15, 0.2) is 0 Å². The Hall–Kier alpha value is -2.27. The third-order valence-corrected chi connectivity index (χ3v) is 6.00. The monoisotopic (exact) mass is 366 g/mol. The molecule has 1 aliphatic carbocycles. The van der Waals surface area contributed by atoms with Gasteiger partial charge in [0, 0.05) is 39.0 Å². The number of carbonyl (C=O) groups excluding carboxylic acids is 1. The van der Waals surface area contributed by atoms with Crippen molar-refractivity contribution in [1.29, 1.82) is 0 Å². The first-order valence-electron chi connectivity index (χ1n) is 8.77. The Bertz CT molecular complexity index is 989. The molecule has 4 nitrogen and oxygen atoms in total. The Balaban J connectivity index is 1.79. The topological polar surface area (TPSA) is 55.0 Å². The standard InChI is InChI=1S/C21H22N2O2S/c1-21(9-10-21)19-16(15-8-7-14(26-3)12-18(15)23-19)11-13-5-4-6-17(22-13)20(24)25-2/h4-8,12,23H,9-11H2,1-3H3. The predicted octanol–water partition coefficient (Wildman–Crippen LogP) is 4.71. The second kappa shape index (κ2) is 6.47. The molecule has 0 unspecified atom stereocenters. The zero-order chi connectivity index (χ0) is 18.3. The van der Waals surface area contributed by atoms with Crippen molar-refractivity contribution in [2.75, 3.05) is 13.4 Å². The van der Waals surface area contributed by atoms with Crippen LogP contribution in [0.25, 0.3) is 10.9 Å². The zero-order valence-corrected chi connectivity index (χ0v) is 16.1. The van der Waals surface area contributed by atoms with E-state index in [1.54, 1.807) is 17.8 Å². The summed E-state index contributed by atoms with van der Waals surface area (Å²) < 4.78 is 4.80. The molecule has 0 amide bonds. The highest BCUT2D eigenvalue weighted by atomic mass is 32.2. The summed E-state index contributed by atoms with van der Waals surface area (Å²) in [6.07, 6.45) is 5.21. The van der Waals surface area contributed by atoms with Gasteiger partial charge in [0.05, 0.1) is 7.11 Å². The molecule has 2 aromatic heterocycles. The van der Waals surface area contributed by atoms with Crippen LogP contribution in [0.2, 0.25) is 0 Å². The van der Waals surface area contributed by atoms with Crippen molar-refractivity contribution < 1.29 is 9.53 Å². The molecular weight excluding hydrogens is 344 g/mol. The first-order chi connectivity index (χ1) is 12.5. The van der Waals surface area contributed by atoms with Crippen molar-refractivity contribution in [3.05, 3.63) is 59.0 Å². The molecule has 1 saturated carbocycles. The van der Waals surface area contributed by atoms with Crippen LogP contribution in [0.4, 0.5) is 0 Å². The van der Waals surface area contributed by atoms with E-state index in [-0.39, 0.29) is 5.41 Å². The van der Waals surface area contributed by atoms with E-state index in [0.29, 0.717) is 12.1 Å². The Morgan fingerprint density at radius 2 is 2.12 bits per heavy atom. The fourth-order valence-corrected chi connectivity index (χ4v) is 3.92. The van der Waals surface area contributed by atoms with Gasteiger partial charge in [-0.3, -0.25) is 0 Å². The number of hydrogen-bond acceptors (Lipinski definition) is 4. The summed E-state index contributed by atoms with van der Waals surface area (Å²) in [4.78, 5) is 21.2. The van der Waals surface area contributed by atoms with Crippen LogP contribution < -0.4 is 0 Å². The van der Waals surface area contributed by atoms with E-state index in [2.05, 4.69) is 41.3 Å². The highest BCUT2D eigenvalue weighted by Crippen LogP contribution is 2.50. The van der Waals surface area contributed by atoms with E-state index in [9.17, 15) is 4.79 Å². The second-order valence-corrected chi connectivity index (χ2v) is 8.01. The lowest BCUT2D eigenvalue weighted by Gasteiger charge is -2.11. The van der Waals surface area contributed by atoms with Gasteiger partial charge < -0.3 is 9.72 Å². The second-order valence-electron chi connectivity index (χ2n) is 7.13. The van der Waals surface area contributed by atoms with Crippen LogP contribution in [0.3, 0.4) is 0 Å². The lowest BCUT2D eigenvalue weighted by Crippen LogP contribution is -2.08. The van der Waals surface area contributed by atoms with Crippen LogP contribution in [0, 0.1) is 0 Å². The quantitative estimate of drug-likeness (QED) is 0.525. The number of aromatic nitrogens is 2. The number of nitrogens with zero attached hydrogens (tertiary/aromatic N) is 1. The van der Waals surface area contributed by atoms with Crippen molar-refractivity contribution in [3.63, 3.8) is 0 Å². The minimum Gasteiger partial charge on any atom is -0.464 e. The molecule has 26 heavy (non-hydrogen) atoms. The SMILES string of the molecule is COC(=O)c1cccc(Cc2c(C3(C)CC3)[nH]c3cc(SC)ccc23)n1. The van der Waals surface area contributed by atoms with Crippen LogP contribution in [0.5, 0.6) is 0 Å². The predicted molar refractivity (Wildman–Crippen MR) is 105 cm³/mol. The number of carbonyl (C=O) groups is 1. The maximum atomic E-state index is 11.8. The van der Waals surface area contributed by atoms with Gasteiger partial charge in [0.1, 0.15) is 5.69 Å². The van der Waals surface area contributed by atoms with Crippen LogP contribution in [-0.4, -0.2) is 29.3 Å². The largest absolute Gasteiger partial charge is 0.464 e. The van der Waals surface area contributed by atoms with Gasteiger partial charge in [-0.15, -0.1) is 11.8 Å². The summed E-state index contributed by atoms with van der Waals surface area (Å²) in [7, 11) is 1.38. The van der Waals surface area contributed by atoms with Gasteiger partial charge in [-0.05, 0) is 48.9 Å². The Morgan fingerprint density at radius 3 is 2.81 bits per heavy atom. The molecule has 134 valence electrons. The van der Waals surface area contributed by atoms with Gasteiger partial charge in [-0.2, -0.15) is 0 Å². The fourth-order valence-electron chi connectivity index (χ4n) is 3.48. The number of thioether (sulfide) groups is 1. The molecule has 1 fully saturated rings. The van der Waals surface area contributed by atoms with Gasteiger partial charge in [-0.25, -0.2) is 9.78 Å². The van der Waals surface area contributed by atoms with E-state index in [1.165, 1.54) is 47.0 Å². The summed E-state index contributed by atoms with van der Waals surface area (Å²) in [5.74, 6) is -0.398. The molecule has 0 spiro atoms. The smallest absolute Gasteiger partial charge is 0.356 e. The van der Waals surface area contributed by atoms with Crippen molar-refractivity contribution in [3.8, 4) is 0 Å². The zero-order valence-electron chi connectivity index (χ0n) is 15.3. The van der Waals surface area contributed by atoms with E-state index in [1.807, 2.05) is 12.1 Å². The van der Waals surface area contributed by atoms with Crippen molar-refractivity contribution in [2.45, 2.75) is 36.5 Å². The van der Waals surface area contributed by atoms with E-state index in [4.69, 9.17) is 4.74 Å². The Morgan fingerprint density at radius 1 is 1.31 bits per heavy atom. The Kier molecular flexibility index (Phi) is 4.27. The summed E-state index contributed by atoms with van der Waals surface area (Å²) in [6.45, 7) is 2.31. The van der Waals surface area contributed by atoms with Gasteiger partial charge in [0.25, 0.3) is 0 Å². The van der Waals surface area contributed by atoms with Gasteiger partial charge in [0.2, 0.25) is 0 Å². The van der Waals surface area contributed by atoms with Crippen molar-refractivity contribution in [1.82, 2.24) is 9.97 Å². The molecule has 4 rings (SSSR count). The first-order valence-corrected chi connectivity index (χ1v) is 10.00. The number of aromatic amines is 1. The minimum absolute atomic E-state index is 0.230. The highest BCUT2D eigenvalue weighted by molar-refractivity contribution is 7.98. The molecule has 1 N–H and O–H groups in total. The van der Waals surface area contributed by atoms with Crippen LogP contribution >= 0.6 is 11.8 Å². The summed E-state index contributed by atoms with van der Waals surface area (Å²) in [6, 6.07) is 12.1. The number of fused-ring (bicyclic) bond motifs is 1. The van der Waals surface area contributed by atoms with Crippen molar-refractivity contribution in [2.24, 2.45) is 0 Å². The van der Waals surface area contributed by atoms with Crippen LogP contribution in [-0.2, 0) is 16.6 Å². The normalized spacial score (nSPS) is 15.2. The number of esters is 1. The number of pyridine rings is 1. The Labute approximate surface area is 157 Å². The molecule has 0 radical (unpaired) electrons. The molecule has 3 aromatic rings. The van der Waals surface area contributed by atoms with Crippen molar-refractivity contribution >= 4 is 28.6 Å². The number of hydrogen-bond donors (Lipinski definition) is 1. The summed E-state index contributed by atoms with van der Waals surface area (Å²) in [5, 5.41) is 1.25. The first kappa shape index (κ1) is 17.2. The minimum atomic E-state index is -0.398. The molecule has 0 saturated heterocycles. The summed E-state index contributed by atoms with van der Waals surface area (Å²) >= 11 is 1.75. The van der Waals surface area contributed by atoms with E-state index in [0.717, 1.165) is 5.69 Å². The van der Waals surface area contributed by atoms with Crippen LogP contribution in [0.15, 0.2) is 41.3 Å². The maximum absolute atomic E-state index is 11.8. The molecular formula is C21H22N2O2S. The van der Waals surface area contributed by atoms with Crippen LogP contribution in [0.1, 0.15) is 47.2 Å². The lowest BCUT2D eigenvalue weighted by atomic mass is 9.96. The molecule has 0 bridgehead atoms. The van der Waals surface area contributed by atoms with Gasteiger partial charge in [-0.1, -0.05) is 19.1 Å². The molecule has 5 heteroatoms. The summed E-state index contributed by atoms with van der Waals surface area (Å²) in [5.41, 5.74) is 5.26. The van der Waals surface area contributed by atoms with E-state index >= 15 is 0 Å². The number of rotatable bonds is 5. The molecule has 0 aliphatic heterocycles. The maximum Gasteiger partial charge on any atom is 0.356 e. The number of H-pyrrole nitrogens is 1. The molecule has 1 aromatic carbocycles. The number of methoxy groups -OCH3 is 1. The molecule has 1 aliphatic rings. The highest BCUT2D eigenvalue weighted by Gasteiger charge is 2.42. The van der Waals surface area contributed by atoms with E-state index < -0.39 is 5.97 Å². The number of nitrogens with one attached hydrogen (secondary N) is 1. The van der Waals surface area contributed by atoms with Gasteiger partial charge >= 0.3 is 5.97 Å². The fraction of sp³-hybridized carbons (Fsp3) is 0.333. The average molecular weight is 366 g/mol. The lowest BCUT2D eigenvalue weighted by molar-refractivity contribution is 0.0593. The molecule has 2 heterocycles. The number of ether oxygens (including phenoxy) is 1. The third kappa shape index (κ3) is 3.01. The molecule has 0 atom stereocenters. The average Bonchev–Trinajstić information content (AvgIpc) is 3.32. The third-order valence-electron chi connectivity index (χ3n) is 5.28.